The fourth-order valence-corrected chi connectivity index (χ4v) is 2.23. The SMILES string of the molecule is CN(C)C1CCN(CC(=O)NCCn2cnnn2)C1. The second-order valence-corrected chi connectivity index (χ2v) is 5.06. The van der Waals surface area contributed by atoms with Crippen LogP contribution < -0.4 is 5.32 Å². The number of carbonyl (C=O) groups is 1. The highest BCUT2D eigenvalue weighted by Crippen LogP contribution is 2.12. The molecule has 1 N–H and O–H groups in total. The molecule has 1 aromatic heterocycles. The number of likely N-dealkylation sites (tertiary alicyclic amines) is 1. The van der Waals surface area contributed by atoms with E-state index >= 15 is 0 Å². The molecule has 1 fully saturated rings. The first-order valence-electron chi connectivity index (χ1n) is 6.51. The number of aromatic nitrogens is 4. The van der Waals surface area contributed by atoms with Crippen LogP contribution in [0.3, 0.4) is 0 Å². The zero-order valence-corrected chi connectivity index (χ0v) is 11.5. The molecule has 8 heteroatoms. The standard InChI is InChI=1S/C11H21N7O/c1-16(2)10-3-5-17(7-10)8-11(19)12-4-6-18-9-13-14-15-18/h9-10H,3-8H2,1-2H3,(H,12,19). The van der Waals surface area contributed by atoms with E-state index in [1.54, 1.807) is 4.68 Å². The molecule has 1 aromatic rings. The van der Waals surface area contributed by atoms with Crippen LogP contribution >= 0.6 is 0 Å². The Morgan fingerprint density at radius 1 is 1.53 bits per heavy atom. The summed E-state index contributed by atoms with van der Waals surface area (Å²) >= 11 is 0. The molecule has 19 heavy (non-hydrogen) atoms. The van der Waals surface area contributed by atoms with Crippen molar-refractivity contribution in [3.8, 4) is 0 Å². The van der Waals surface area contributed by atoms with Crippen LogP contribution in [0.15, 0.2) is 6.33 Å². The molecule has 1 saturated heterocycles. The Morgan fingerprint density at radius 3 is 3.00 bits per heavy atom. The molecule has 1 unspecified atom stereocenters. The largest absolute Gasteiger partial charge is 0.353 e. The maximum Gasteiger partial charge on any atom is 0.234 e. The van der Waals surface area contributed by atoms with Crippen molar-refractivity contribution in [3.05, 3.63) is 6.33 Å². The van der Waals surface area contributed by atoms with Gasteiger partial charge >= 0.3 is 0 Å². The summed E-state index contributed by atoms with van der Waals surface area (Å²) in [6, 6.07) is 0.564. The zero-order valence-electron chi connectivity index (χ0n) is 11.5. The van der Waals surface area contributed by atoms with Gasteiger partial charge in [0, 0.05) is 25.7 Å². The van der Waals surface area contributed by atoms with E-state index in [9.17, 15) is 4.79 Å². The van der Waals surface area contributed by atoms with Crippen LogP contribution in [-0.4, -0.2) is 82.2 Å². The molecule has 8 nitrogen and oxygen atoms in total. The van der Waals surface area contributed by atoms with Crippen molar-refractivity contribution < 1.29 is 4.79 Å². The van der Waals surface area contributed by atoms with Crippen molar-refractivity contribution in [2.45, 2.75) is 19.0 Å². The molecule has 1 aliphatic rings. The lowest BCUT2D eigenvalue weighted by molar-refractivity contribution is -0.122. The topological polar surface area (TPSA) is 79.2 Å². The van der Waals surface area contributed by atoms with Gasteiger partial charge in [0.25, 0.3) is 0 Å². The second-order valence-electron chi connectivity index (χ2n) is 5.06. The normalized spacial score (nSPS) is 20.1. The molecule has 1 amide bonds. The van der Waals surface area contributed by atoms with Gasteiger partial charge < -0.3 is 10.2 Å². The average Bonchev–Trinajstić information content (AvgIpc) is 3.00. The van der Waals surface area contributed by atoms with E-state index < -0.39 is 0 Å². The molecule has 0 saturated carbocycles. The highest BCUT2D eigenvalue weighted by molar-refractivity contribution is 5.78. The fourth-order valence-electron chi connectivity index (χ4n) is 2.23. The molecule has 0 aliphatic carbocycles. The lowest BCUT2D eigenvalue weighted by Gasteiger charge is -2.20. The second kappa shape index (κ2) is 6.58. The highest BCUT2D eigenvalue weighted by Gasteiger charge is 2.24. The maximum absolute atomic E-state index is 11.8. The van der Waals surface area contributed by atoms with Crippen molar-refractivity contribution in [1.29, 1.82) is 0 Å². The molecular weight excluding hydrogens is 246 g/mol. The number of rotatable bonds is 6. The quantitative estimate of drug-likeness (QED) is 0.670. The molecule has 0 radical (unpaired) electrons. The summed E-state index contributed by atoms with van der Waals surface area (Å²) in [6.45, 7) is 3.57. The van der Waals surface area contributed by atoms with Crippen LogP contribution in [0.5, 0.6) is 0 Å². The number of likely N-dealkylation sites (N-methyl/N-ethyl adjacent to an activating group) is 1. The summed E-state index contributed by atoms with van der Waals surface area (Å²) in [4.78, 5) is 16.2. The van der Waals surface area contributed by atoms with Crippen LogP contribution in [0.1, 0.15) is 6.42 Å². The van der Waals surface area contributed by atoms with Crippen LogP contribution in [0.2, 0.25) is 0 Å². The summed E-state index contributed by atoms with van der Waals surface area (Å²) in [6.07, 6.45) is 2.67. The minimum atomic E-state index is 0.0625. The predicted molar refractivity (Wildman–Crippen MR) is 69.4 cm³/mol. The third kappa shape index (κ3) is 4.25. The fraction of sp³-hybridized carbons (Fsp3) is 0.818. The molecule has 0 aromatic carbocycles. The number of tetrazole rings is 1. The Hall–Kier alpha value is -1.54. The van der Waals surface area contributed by atoms with Gasteiger partial charge in [0.05, 0.1) is 13.1 Å². The van der Waals surface area contributed by atoms with Gasteiger partial charge in [-0.05, 0) is 30.9 Å². The van der Waals surface area contributed by atoms with E-state index in [2.05, 4.69) is 44.7 Å². The van der Waals surface area contributed by atoms with Crippen molar-refractivity contribution in [2.75, 3.05) is 40.3 Å². The number of hydrogen-bond acceptors (Lipinski definition) is 6. The lowest BCUT2D eigenvalue weighted by atomic mass is 10.2. The van der Waals surface area contributed by atoms with Crippen LogP contribution in [0.4, 0.5) is 0 Å². The van der Waals surface area contributed by atoms with Gasteiger partial charge in [-0.25, -0.2) is 4.68 Å². The molecule has 0 bridgehead atoms. The van der Waals surface area contributed by atoms with E-state index in [1.807, 2.05) is 0 Å². The van der Waals surface area contributed by atoms with Crippen molar-refractivity contribution in [1.82, 2.24) is 35.3 Å². The number of nitrogens with zero attached hydrogens (tertiary/aromatic N) is 6. The summed E-state index contributed by atoms with van der Waals surface area (Å²) < 4.78 is 1.60. The van der Waals surface area contributed by atoms with Crippen molar-refractivity contribution in [2.24, 2.45) is 0 Å². The van der Waals surface area contributed by atoms with Crippen LogP contribution in [-0.2, 0) is 11.3 Å². The number of nitrogens with one attached hydrogen (secondary N) is 1. The Morgan fingerprint density at radius 2 is 2.37 bits per heavy atom. The zero-order chi connectivity index (χ0) is 13.7. The van der Waals surface area contributed by atoms with E-state index in [4.69, 9.17) is 0 Å². The lowest BCUT2D eigenvalue weighted by Crippen LogP contribution is -2.39. The van der Waals surface area contributed by atoms with Crippen molar-refractivity contribution >= 4 is 5.91 Å². The average molecular weight is 267 g/mol. The van der Waals surface area contributed by atoms with Gasteiger partial charge in [-0.1, -0.05) is 0 Å². The minimum absolute atomic E-state index is 0.0625. The van der Waals surface area contributed by atoms with Gasteiger partial charge in [-0.15, -0.1) is 5.10 Å². The number of carbonyl (C=O) groups excluding carboxylic acids is 1. The predicted octanol–water partition coefficient (Wildman–Crippen LogP) is -1.57. The van der Waals surface area contributed by atoms with Crippen LogP contribution in [0.25, 0.3) is 0 Å². The van der Waals surface area contributed by atoms with E-state index in [-0.39, 0.29) is 5.91 Å². The summed E-state index contributed by atoms with van der Waals surface area (Å²) in [5.74, 6) is 0.0625. The molecule has 106 valence electrons. The van der Waals surface area contributed by atoms with E-state index in [0.29, 0.717) is 25.7 Å². The van der Waals surface area contributed by atoms with Gasteiger partial charge in [0.2, 0.25) is 5.91 Å². The Labute approximate surface area is 112 Å². The summed E-state index contributed by atoms with van der Waals surface area (Å²) in [5, 5.41) is 13.7. The Bertz CT molecular complexity index is 392. The molecular formula is C11H21N7O. The first kappa shape index (κ1) is 13.9. The third-order valence-corrected chi connectivity index (χ3v) is 3.40. The van der Waals surface area contributed by atoms with Gasteiger partial charge in [0.1, 0.15) is 6.33 Å². The van der Waals surface area contributed by atoms with Gasteiger partial charge in [0.15, 0.2) is 0 Å². The number of hydrogen-bond donors (Lipinski definition) is 1. The van der Waals surface area contributed by atoms with E-state index in [0.717, 1.165) is 19.5 Å². The van der Waals surface area contributed by atoms with Gasteiger partial charge in [-0.2, -0.15) is 0 Å². The number of amides is 1. The molecule has 2 rings (SSSR count). The minimum Gasteiger partial charge on any atom is -0.353 e. The van der Waals surface area contributed by atoms with Crippen molar-refractivity contribution in [3.63, 3.8) is 0 Å². The molecule has 2 heterocycles. The Kier molecular flexibility index (Phi) is 4.80. The smallest absolute Gasteiger partial charge is 0.234 e. The summed E-state index contributed by atoms with van der Waals surface area (Å²) in [7, 11) is 4.17. The maximum atomic E-state index is 11.8. The first-order valence-corrected chi connectivity index (χ1v) is 6.51. The molecule has 0 spiro atoms. The molecule has 1 atom stereocenters. The highest BCUT2D eigenvalue weighted by atomic mass is 16.2. The molecule has 1 aliphatic heterocycles. The van der Waals surface area contributed by atoms with Gasteiger partial charge in [-0.3, -0.25) is 9.69 Å². The Balaban J connectivity index is 1.62. The monoisotopic (exact) mass is 267 g/mol. The van der Waals surface area contributed by atoms with E-state index in [1.165, 1.54) is 6.33 Å². The first-order chi connectivity index (χ1) is 9.15. The van der Waals surface area contributed by atoms with Crippen LogP contribution in [0, 0.1) is 0 Å². The third-order valence-electron chi connectivity index (χ3n) is 3.40. The summed E-state index contributed by atoms with van der Waals surface area (Å²) in [5.41, 5.74) is 0.